The standard InChI is InChI=1S/C10H11N9O/c11-18-9-15-8(13-4-7-2-1-3-20-7)16-10(17-9)19-6-12-5-14-19/h1-3,5-6H,4,11H2,(H2,13,15,16,17,18). The molecule has 0 saturated heterocycles. The molecule has 0 aliphatic rings. The van der Waals surface area contributed by atoms with E-state index >= 15 is 0 Å². The molecule has 102 valence electrons. The van der Waals surface area contributed by atoms with E-state index in [0.717, 1.165) is 5.76 Å². The first kappa shape index (κ1) is 12.0. The van der Waals surface area contributed by atoms with Crippen LogP contribution in [-0.2, 0) is 6.54 Å². The van der Waals surface area contributed by atoms with Crippen molar-refractivity contribution in [1.29, 1.82) is 0 Å². The number of rotatable bonds is 5. The summed E-state index contributed by atoms with van der Waals surface area (Å²) >= 11 is 0. The molecule has 0 bridgehead atoms. The molecule has 10 heteroatoms. The van der Waals surface area contributed by atoms with E-state index in [1.807, 2.05) is 6.07 Å². The summed E-state index contributed by atoms with van der Waals surface area (Å²) < 4.78 is 6.62. The van der Waals surface area contributed by atoms with Gasteiger partial charge in [0.25, 0.3) is 5.95 Å². The second-order valence-electron chi connectivity index (χ2n) is 3.70. The van der Waals surface area contributed by atoms with Gasteiger partial charge in [-0.1, -0.05) is 0 Å². The summed E-state index contributed by atoms with van der Waals surface area (Å²) in [5.41, 5.74) is 2.38. The third-order valence-corrected chi connectivity index (χ3v) is 2.38. The number of furan rings is 1. The Labute approximate surface area is 113 Å². The molecule has 4 N–H and O–H groups in total. The van der Waals surface area contributed by atoms with Crippen LogP contribution < -0.4 is 16.6 Å². The molecule has 0 saturated carbocycles. The maximum absolute atomic E-state index is 5.34. The third kappa shape index (κ3) is 2.54. The van der Waals surface area contributed by atoms with Gasteiger partial charge >= 0.3 is 0 Å². The van der Waals surface area contributed by atoms with Gasteiger partial charge in [0.15, 0.2) is 0 Å². The lowest BCUT2D eigenvalue weighted by atomic mass is 10.4. The second kappa shape index (κ2) is 5.32. The number of hydrazine groups is 1. The molecule has 0 radical (unpaired) electrons. The number of anilines is 2. The molecule has 0 amide bonds. The van der Waals surface area contributed by atoms with Crippen molar-refractivity contribution in [2.45, 2.75) is 6.54 Å². The highest BCUT2D eigenvalue weighted by atomic mass is 16.3. The number of aromatic nitrogens is 6. The van der Waals surface area contributed by atoms with Gasteiger partial charge in [-0.05, 0) is 12.1 Å². The molecule has 20 heavy (non-hydrogen) atoms. The van der Waals surface area contributed by atoms with E-state index in [4.69, 9.17) is 10.3 Å². The Bertz CT molecular complexity index is 664. The van der Waals surface area contributed by atoms with Crippen LogP contribution in [0.1, 0.15) is 5.76 Å². The fourth-order valence-electron chi connectivity index (χ4n) is 1.50. The SMILES string of the molecule is NNc1nc(NCc2ccco2)nc(-n2cncn2)n1. The smallest absolute Gasteiger partial charge is 0.258 e. The molecular weight excluding hydrogens is 262 g/mol. The van der Waals surface area contributed by atoms with E-state index in [1.54, 1.807) is 12.3 Å². The number of hydrogen-bond donors (Lipinski definition) is 3. The molecule has 3 heterocycles. The fraction of sp³-hybridized carbons (Fsp3) is 0.100. The van der Waals surface area contributed by atoms with Crippen molar-refractivity contribution in [3.05, 3.63) is 36.8 Å². The Hall–Kier alpha value is -3.01. The normalized spacial score (nSPS) is 10.4. The average Bonchev–Trinajstić information content (AvgIpc) is 3.17. The summed E-state index contributed by atoms with van der Waals surface area (Å²) in [4.78, 5) is 16.2. The maximum Gasteiger partial charge on any atom is 0.258 e. The third-order valence-electron chi connectivity index (χ3n) is 2.38. The van der Waals surface area contributed by atoms with Crippen molar-refractivity contribution in [3.63, 3.8) is 0 Å². The van der Waals surface area contributed by atoms with Crippen LogP contribution in [0.3, 0.4) is 0 Å². The van der Waals surface area contributed by atoms with Crippen LogP contribution >= 0.6 is 0 Å². The van der Waals surface area contributed by atoms with Crippen LogP contribution in [0.4, 0.5) is 11.9 Å². The summed E-state index contributed by atoms with van der Waals surface area (Å²) in [6.45, 7) is 0.442. The van der Waals surface area contributed by atoms with Crippen LogP contribution in [0, 0.1) is 0 Å². The first-order chi connectivity index (χ1) is 9.85. The van der Waals surface area contributed by atoms with Crippen LogP contribution in [-0.4, -0.2) is 29.7 Å². The number of nitrogens with two attached hydrogens (primary N) is 1. The zero-order chi connectivity index (χ0) is 13.8. The molecule has 0 fully saturated rings. The van der Waals surface area contributed by atoms with Crippen LogP contribution in [0.5, 0.6) is 0 Å². The number of nitrogens with zero attached hydrogens (tertiary/aromatic N) is 6. The quantitative estimate of drug-likeness (QED) is 0.432. The van der Waals surface area contributed by atoms with Gasteiger partial charge in [-0.15, -0.1) is 0 Å². The van der Waals surface area contributed by atoms with Crippen molar-refractivity contribution in [2.24, 2.45) is 5.84 Å². The topological polar surface area (TPSA) is 133 Å². The molecule has 3 aromatic heterocycles. The lowest BCUT2D eigenvalue weighted by molar-refractivity contribution is 0.517. The Kier molecular flexibility index (Phi) is 3.20. The molecule has 3 aromatic rings. The molecule has 0 atom stereocenters. The predicted octanol–water partition coefficient (Wildman–Crippen LogP) is -0.0570. The minimum absolute atomic E-state index is 0.215. The Morgan fingerprint density at radius 1 is 1.25 bits per heavy atom. The van der Waals surface area contributed by atoms with E-state index in [0.29, 0.717) is 18.4 Å². The molecule has 0 aromatic carbocycles. The largest absolute Gasteiger partial charge is 0.467 e. The second-order valence-corrected chi connectivity index (χ2v) is 3.70. The Morgan fingerprint density at radius 2 is 2.15 bits per heavy atom. The van der Waals surface area contributed by atoms with E-state index < -0.39 is 0 Å². The highest BCUT2D eigenvalue weighted by Gasteiger charge is 2.08. The summed E-state index contributed by atoms with van der Waals surface area (Å²) in [7, 11) is 0. The number of nitrogen functional groups attached to an aromatic ring is 1. The zero-order valence-electron chi connectivity index (χ0n) is 10.3. The molecule has 0 spiro atoms. The maximum atomic E-state index is 5.34. The van der Waals surface area contributed by atoms with Gasteiger partial charge in [-0.3, -0.25) is 5.43 Å². The molecular formula is C10H11N9O. The van der Waals surface area contributed by atoms with Crippen LogP contribution in [0.25, 0.3) is 5.95 Å². The van der Waals surface area contributed by atoms with Crippen molar-refractivity contribution < 1.29 is 4.42 Å². The monoisotopic (exact) mass is 273 g/mol. The predicted molar refractivity (Wildman–Crippen MR) is 68.6 cm³/mol. The minimum Gasteiger partial charge on any atom is -0.467 e. The van der Waals surface area contributed by atoms with Crippen molar-refractivity contribution in [2.75, 3.05) is 10.7 Å². The van der Waals surface area contributed by atoms with Gasteiger partial charge in [-0.25, -0.2) is 10.8 Å². The molecule has 0 aliphatic heterocycles. The van der Waals surface area contributed by atoms with Gasteiger partial charge in [0, 0.05) is 0 Å². The minimum atomic E-state index is 0.215. The van der Waals surface area contributed by atoms with Gasteiger partial charge < -0.3 is 9.73 Å². The summed E-state index contributed by atoms with van der Waals surface area (Å²) in [5, 5.41) is 6.96. The zero-order valence-corrected chi connectivity index (χ0v) is 10.3. The summed E-state index contributed by atoms with van der Waals surface area (Å²) in [6, 6.07) is 3.65. The van der Waals surface area contributed by atoms with Crippen LogP contribution in [0.2, 0.25) is 0 Å². The van der Waals surface area contributed by atoms with Gasteiger partial charge in [0.2, 0.25) is 11.9 Å². The highest BCUT2D eigenvalue weighted by Crippen LogP contribution is 2.09. The first-order valence-electron chi connectivity index (χ1n) is 5.69. The first-order valence-corrected chi connectivity index (χ1v) is 5.69. The van der Waals surface area contributed by atoms with Crippen molar-refractivity contribution in [1.82, 2.24) is 29.7 Å². The van der Waals surface area contributed by atoms with Gasteiger partial charge in [-0.2, -0.15) is 24.7 Å². The molecule has 0 unspecified atom stereocenters. The lowest BCUT2D eigenvalue weighted by Crippen LogP contribution is -2.16. The Morgan fingerprint density at radius 3 is 2.85 bits per heavy atom. The van der Waals surface area contributed by atoms with E-state index in [1.165, 1.54) is 17.3 Å². The Balaban J connectivity index is 1.84. The van der Waals surface area contributed by atoms with Crippen LogP contribution in [0.15, 0.2) is 35.5 Å². The molecule has 0 aliphatic carbocycles. The van der Waals surface area contributed by atoms with Gasteiger partial charge in [0.1, 0.15) is 18.4 Å². The fourth-order valence-corrected chi connectivity index (χ4v) is 1.50. The summed E-state index contributed by atoms with van der Waals surface area (Å²) in [6.07, 6.45) is 4.46. The van der Waals surface area contributed by atoms with Crippen molar-refractivity contribution >= 4 is 11.9 Å². The highest BCUT2D eigenvalue weighted by molar-refractivity contribution is 5.36. The number of hydrogen-bond acceptors (Lipinski definition) is 9. The lowest BCUT2D eigenvalue weighted by Gasteiger charge is -2.07. The van der Waals surface area contributed by atoms with E-state index in [-0.39, 0.29) is 5.95 Å². The number of nitrogens with one attached hydrogen (secondary N) is 2. The van der Waals surface area contributed by atoms with E-state index in [9.17, 15) is 0 Å². The molecule has 10 nitrogen and oxygen atoms in total. The van der Waals surface area contributed by atoms with Gasteiger partial charge in [0.05, 0.1) is 12.8 Å². The molecule has 3 rings (SSSR count). The van der Waals surface area contributed by atoms with E-state index in [2.05, 4.69) is 35.8 Å². The van der Waals surface area contributed by atoms with Crippen molar-refractivity contribution in [3.8, 4) is 5.95 Å². The average molecular weight is 273 g/mol. The summed E-state index contributed by atoms with van der Waals surface area (Å²) in [5.74, 6) is 6.95.